The van der Waals surface area contributed by atoms with E-state index >= 15 is 0 Å². The number of hydrogen-bond acceptors (Lipinski definition) is 7. The number of thiophene rings is 1. The number of ether oxygens (including phenoxy) is 1. The summed E-state index contributed by atoms with van der Waals surface area (Å²) in [5, 5.41) is 1.72. The molecule has 2 amide bonds. The summed E-state index contributed by atoms with van der Waals surface area (Å²) >= 11 is 1.21. The van der Waals surface area contributed by atoms with Gasteiger partial charge < -0.3 is 4.74 Å². The molecule has 1 aromatic carbocycles. The normalized spacial score (nSPS) is 11.2. The lowest BCUT2D eigenvalue weighted by Crippen LogP contribution is -2.43. The zero-order chi connectivity index (χ0) is 22.3. The summed E-state index contributed by atoms with van der Waals surface area (Å²) in [6, 6.07) is 7.46. The molecule has 0 unspecified atom stereocenters. The Bertz CT molecular complexity index is 1010. The topological polar surface area (TPSA) is 122 Å². The molecule has 0 saturated carbocycles. The second kappa shape index (κ2) is 10.3. The lowest BCUT2D eigenvalue weighted by atomic mass is 10.1. The fourth-order valence-electron chi connectivity index (χ4n) is 2.55. The Balaban J connectivity index is 2.00. The van der Waals surface area contributed by atoms with E-state index in [9.17, 15) is 22.8 Å². The summed E-state index contributed by atoms with van der Waals surface area (Å²) < 4.78 is 31.8. The maximum Gasteiger partial charge on any atom is 0.338 e. The molecular weight excluding hydrogens is 430 g/mol. The van der Waals surface area contributed by atoms with E-state index in [0.717, 1.165) is 0 Å². The Morgan fingerprint density at radius 1 is 1.10 bits per heavy atom. The first kappa shape index (κ1) is 23.5. The van der Waals surface area contributed by atoms with E-state index in [0.29, 0.717) is 23.5 Å². The van der Waals surface area contributed by atoms with Crippen LogP contribution in [0.25, 0.3) is 0 Å². The molecule has 0 aliphatic heterocycles. The first-order chi connectivity index (χ1) is 14.2. The number of esters is 1. The standard InChI is InChI=1S/C19H23N3O6S2/c1-4-22(5-2)30(26,27)16-11-14(9-8-13(16)3)19(25)28-12-17(23)20-21-18(24)15-7-6-10-29-15/h6-11H,4-5,12H2,1-3H3,(H,20,23)(H,21,24). The van der Waals surface area contributed by atoms with Gasteiger partial charge in [0.15, 0.2) is 6.61 Å². The van der Waals surface area contributed by atoms with E-state index in [4.69, 9.17) is 4.74 Å². The van der Waals surface area contributed by atoms with Gasteiger partial charge in [0, 0.05) is 13.1 Å². The van der Waals surface area contributed by atoms with Gasteiger partial charge in [-0.1, -0.05) is 26.0 Å². The van der Waals surface area contributed by atoms with Crippen molar-refractivity contribution in [3.63, 3.8) is 0 Å². The molecule has 0 spiro atoms. The third-order valence-electron chi connectivity index (χ3n) is 4.14. The average Bonchev–Trinajstić information content (AvgIpc) is 3.26. The molecule has 0 fully saturated rings. The third-order valence-corrected chi connectivity index (χ3v) is 7.20. The Morgan fingerprint density at radius 3 is 2.40 bits per heavy atom. The van der Waals surface area contributed by atoms with Crippen LogP contribution in [-0.2, 0) is 19.6 Å². The number of sulfonamides is 1. The van der Waals surface area contributed by atoms with Crippen LogP contribution in [0.2, 0.25) is 0 Å². The van der Waals surface area contributed by atoms with Crippen molar-refractivity contribution in [1.82, 2.24) is 15.2 Å². The summed E-state index contributed by atoms with van der Waals surface area (Å²) in [4.78, 5) is 36.2. The number of hydrazine groups is 1. The number of benzene rings is 1. The molecule has 0 atom stereocenters. The predicted octanol–water partition coefficient (Wildman–Crippen LogP) is 1.71. The van der Waals surface area contributed by atoms with Gasteiger partial charge in [-0.2, -0.15) is 4.31 Å². The van der Waals surface area contributed by atoms with Gasteiger partial charge in [0.2, 0.25) is 10.0 Å². The number of nitrogens with zero attached hydrogens (tertiary/aromatic N) is 1. The highest BCUT2D eigenvalue weighted by molar-refractivity contribution is 7.89. The molecule has 0 saturated heterocycles. The molecule has 0 bridgehead atoms. The van der Waals surface area contributed by atoms with Crippen molar-refractivity contribution in [1.29, 1.82) is 0 Å². The number of rotatable bonds is 8. The summed E-state index contributed by atoms with van der Waals surface area (Å²) in [6.07, 6.45) is 0. The van der Waals surface area contributed by atoms with Gasteiger partial charge in [-0.05, 0) is 36.1 Å². The van der Waals surface area contributed by atoms with Crippen LogP contribution in [-0.4, -0.2) is 50.2 Å². The minimum absolute atomic E-state index is 0.00162. The highest BCUT2D eigenvalue weighted by Gasteiger charge is 2.25. The molecule has 0 aliphatic rings. The van der Waals surface area contributed by atoms with Crippen molar-refractivity contribution in [3.05, 3.63) is 51.7 Å². The van der Waals surface area contributed by atoms with Crippen molar-refractivity contribution in [2.24, 2.45) is 0 Å². The molecule has 9 nitrogen and oxygen atoms in total. The van der Waals surface area contributed by atoms with Gasteiger partial charge in [-0.3, -0.25) is 20.4 Å². The molecule has 1 aromatic heterocycles. The average molecular weight is 454 g/mol. The number of hydrogen-bond donors (Lipinski definition) is 2. The van der Waals surface area contributed by atoms with Gasteiger partial charge in [-0.25, -0.2) is 13.2 Å². The monoisotopic (exact) mass is 453 g/mol. The number of carbonyl (C=O) groups is 3. The first-order valence-corrected chi connectivity index (χ1v) is 11.4. The number of carbonyl (C=O) groups excluding carboxylic acids is 3. The molecule has 2 N–H and O–H groups in total. The van der Waals surface area contributed by atoms with Crippen LogP contribution in [0.5, 0.6) is 0 Å². The Morgan fingerprint density at radius 2 is 1.80 bits per heavy atom. The second-order valence-electron chi connectivity index (χ2n) is 6.13. The molecule has 1 heterocycles. The molecule has 30 heavy (non-hydrogen) atoms. The first-order valence-electron chi connectivity index (χ1n) is 9.11. The van der Waals surface area contributed by atoms with Crippen LogP contribution >= 0.6 is 11.3 Å². The van der Waals surface area contributed by atoms with Crippen LogP contribution in [0.4, 0.5) is 0 Å². The van der Waals surface area contributed by atoms with E-state index in [2.05, 4.69) is 10.9 Å². The van der Waals surface area contributed by atoms with E-state index in [1.807, 2.05) is 0 Å². The predicted molar refractivity (Wildman–Crippen MR) is 111 cm³/mol. The summed E-state index contributed by atoms with van der Waals surface area (Å²) in [6.45, 7) is 5.04. The third kappa shape index (κ3) is 5.65. The van der Waals surface area contributed by atoms with Crippen LogP contribution in [0.1, 0.15) is 39.4 Å². The van der Waals surface area contributed by atoms with Gasteiger partial charge >= 0.3 is 5.97 Å². The SMILES string of the molecule is CCN(CC)S(=O)(=O)c1cc(C(=O)OCC(=O)NNC(=O)c2cccs2)ccc1C. The van der Waals surface area contributed by atoms with Crippen molar-refractivity contribution in [2.75, 3.05) is 19.7 Å². The van der Waals surface area contributed by atoms with Crippen molar-refractivity contribution >= 4 is 39.1 Å². The molecule has 11 heteroatoms. The lowest BCUT2D eigenvalue weighted by Gasteiger charge is -2.20. The maximum absolute atomic E-state index is 12.8. The highest BCUT2D eigenvalue weighted by atomic mass is 32.2. The quantitative estimate of drug-likeness (QED) is 0.463. The molecule has 0 radical (unpaired) electrons. The largest absolute Gasteiger partial charge is 0.452 e. The Labute approximate surface area is 179 Å². The maximum atomic E-state index is 12.8. The number of aryl methyl sites for hydroxylation is 1. The van der Waals surface area contributed by atoms with Crippen LogP contribution in [0.15, 0.2) is 40.6 Å². The van der Waals surface area contributed by atoms with Crippen molar-refractivity contribution in [3.8, 4) is 0 Å². The van der Waals surface area contributed by atoms with E-state index in [-0.39, 0.29) is 10.5 Å². The Hall–Kier alpha value is -2.76. The molecular formula is C19H23N3O6S2. The lowest BCUT2D eigenvalue weighted by molar-refractivity contribution is -0.125. The molecule has 162 valence electrons. The summed E-state index contributed by atoms with van der Waals surface area (Å²) in [7, 11) is -3.76. The smallest absolute Gasteiger partial charge is 0.338 e. The van der Waals surface area contributed by atoms with Gasteiger partial charge in [-0.15, -0.1) is 11.3 Å². The molecule has 2 rings (SSSR count). The number of nitrogens with one attached hydrogen (secondary N) is 2. The van der Waals surface area contributed by atoms with Gasteiger partial charge in [0.25, 0.3) is 11.8 Å². The van der Waals surface area contributed by atoms with Gasteiger partial charge in [0.1, 0.15) is 0 Å². The highest BCUT2D eigenvalue weighted by Crippen LogP contribution is 2.21. The van der Waals surface area contributed by atoms with Crippen molar-refractivity contribution < 1.29 is 27.5 Å². The van der Waals surface area contributed by atoms with E-state index in [1.54, 1.807) is 38.3 Å². The molecule has 0 aliphatic carbocycles. The fraction of sp³-hybridized carbons (Fsp3) is 0.316. The fourth-order valence-corrected chi connectivity index (χ4v) is 4.88. The molecule has 2 aromatic rings. The van der Waals surface area contributed by atoms with Crippen LogP contribution in [0, 0.1) is 6.92 Å². The van der Waals surface area contributed by atoms with E-state index in [1.165, 1.54) is 33.8 Å². The van der Waals surface area contributed by atoms with Crippen molar-refractivity contribution in [2.45, 2.75) is 25.7 Å². The van der Waals surface area contributed by atoms with Crippen LogP contribution in [0.3, 0.4) is 0 Å². The zero-order valence-electron chi connectivity index (χ0n) is 16.8. The Kier molecular flexibility index (Phi) is 8.09. The minimum Gasteiger partial charge on any atom is -0.452 e. The summed E-state index contributed by atoms with van der Waals surface area (Å²) in [5.74, 6) is -2.09. The van der Waals surface area contributed by atoms with Gasteiger partial charge in [0.05, 0.1) is 15.3 Å². The zero-order valence-corrected chi connectivity index (χ0v) is 18.4. The second-order valence-corrected chi connectivity index (χ2v) is 8.98. The van der Waals surface area contributed by atoms with Crippen LogP contribution < -0.4 is 10.9 Å². The summed E-state index contributed by atoms with van der Waals surface area (Å²) in [5.41, 5.74) is 4.84. The van der Waals surface area contributed by atoms with E-state index < -0.39 is 34.4 Å². The minimum atomic E-state index is -3.76. The number of amides is 2.